The van der Waals surface area contributed by atoms with Gasteiger partial charge in [-0.2, -0.15) is 0 Å². The second kappa shape index (κ2) is 6.82. The molecule has 0 saturated heterocycles. The van der Waals surface area contributed by atoms with Crippen molar-refractivity contribution in [2.75, 3.05) is 5.32 Å². The average Bonchev–Trinajstić information content (AvgIpc) is 3.37. The van der Waals surface area contributed by atoms with E-state index in [1.54, 1.807) is 34.9 Å². The fourth-order valence-corrected chi connectivity index (χ4v) is 4.15. The number of thiazole rings is 1. The van der Waals surface area contributed by atoms with Crippen LogP contribution in [0.3, 0.4) is 0 Å². The molecule has 0 fully saturated rings. The lowest BCUT2D eigenvalue weighted by Gasteiger charge is -2.10. The third kappa shape index (κ3) is 3.27. The van der Waals surface area contributed by atoms with E-state index in [2.05, 4.69) is 10.3 Å². The largest absolute Gasteiger partial charge is 0.463 e. The van der Waals surface area contributed by atoms with E-state index in [-0.39, 0.29) is 17.5 Å². The molecule has 0 saturated carbocycles. The number of amides is 1. The second-order valence-electron chi connectivity index (χ2n) is 6.50. The molecule has 5 nitrogen and oxygen atoms in total. The van der Waals surface area contributed by atoms with Crippen molar-refractivity contribution in [3.8, 4) is 0 Å². The average molecular weight is 409 g/mol. The quantitative estimate of drug-likeness (QED) is 0.431. The summed E-state index contributed by atoms with van der Waals surface area (Å²) in [5, 5.41) is 3.13. The third-order valence-electron chi connectivity index (χ3n) is 4.56. The lowest BCUT2D eigenvalue weighted by atomic mass is 10.2. The van der Waals surface area contributed by atoms with E-state index < -0.39 is 0 Å². The van der Waals surface area contributed by atoms with Crippen LogP contribution in [0, 0.1) is 11.6 Å². The van der Waals surface area contributed by atoms with E-state index in [4.69, 9.17) is 4.42 Å². The Kier molecular flexibility index (Phi) is 4.13. The molecular weight excluding hydrogens is 396 g/mol. The first-order chi connectivity index (χ1) is 14.1. The van der Waals surface area contributed by atoms with Crippen molar-refractivity contribution in [3.05, 3.63) is 83.8 Å². The molecule has 0 bridgehead atoms. The van der Waals surface area contributed by atoms with Crippen LogP contribution < -0.4 is 5.32 Å². The minimum Gasteiger partial charge on any atom is -0.463 e. The summed E-state index contributed by atoms with van der Waals surface area (Å²) in [5.74, 6) is -1.08. The zero-order valence-electron chi connectivity index (χ0n) is 14.9. The number of fused-ring (bicyclic) bond motifs is 2. The minimum atomic E-state index is -0.382. The number of nitrogens with one attached hydrogen (secondary N) is 1. The van der Waals surface area contributed by atoms with Gasteiger partial charge in [0.25, 0.3) is 5.91 Å². The van der Waals surface area contributed by atoms with Crippen LogP contribution in [0.4, 0.5) is 13.9 Å². The predicted molar refractivity (Wildman–Crippen MR) is 107 cm³/mol. The summed E-state index contributed by atoms with van der Waals surface area (Å²) in [6, 6.07) is 13.9. The molecule has 2 aromatic carbocycles. The highest BCUT2D eigenvalue weighted by atomic mass is 32.1. The van der Waals surface area contributed by atoms with Crippen LogP contribution >= 0.6 is 11.3 Å². The maximum atomic E-state index is 13.6. The lowest BCUT2D eigenvalue weighted by Crippen LogP contribution is -2.17. The van der Waals surface area contributed by atoms with Gasteiger partial charge in [-0.15, -0.1) is 0 Å². The number of benzene rings is 2. The highest BCUT2D eigenvalue weighted by Crippen LogP contribution is 2.28. The molecule has 5 rings (SSSR count). The van der Waals surface area contributed by atoms with Crippen LogP contribution in [0.15, 0.2) is 65.3 Å². The van der Waals surface area contributed by atoms with E-state index in [1.807, 2.05) is 0 Å². The number of hydrogen-bond donors (Lipinski definition) is 1. The first-order valence-electron chi connectivity index (χ1n) is 8.75. The molecule has 0 aliphatic rings. The summed E-state index contributed by atoms with van der Waals surface area (Å²) in [7, 11) is 0. The van der Waals surface area contributed by atoms with E-state index in [1.165, 1.54) is 41.9 Å². The highest BCUT2D eigenvalue weighted by molar-refractivity contribution is 7.22. The molecule has 0 aliphatic carbocycles. The van der Waals surface area contributed by atoms with Crippen LogP contribution in [0.1, 0.15) is 16.1 Å². The van der Waals surface area contributed by atoms with Crippen molar-refractivity contribution in [2.45, 2.75) is 6.54 Å². The molecule has 0 spiro atoms. The molecule has 0 atom stereocenters. The topological polar surface area (TPSA) is 60.1 Å². The van der Waals surface area contributed by atoms with Gasteiger partial charge in [-0.3, -0.25) is 10.1 Å². The molecule has 3 heterocycles. The summed E-state index contributed by atoms with van der Waals surface area (Å²) in [4.78, 5) is 17.3. The molecular formula is C21H13F2N3O2S. The van der Waals surface area contributed by atoms with Crippen LogP contribution in [0.2, 0.25) is 0 Å². The monoisotopic (exact) mass is 409 g/mol. The van der Waals surface area contributed by atoms with Gasteiger partial charge in [-0.1, -0.05) is 23.5 Å². The van der Waals surface area contributed by atoms with Crippen molar-refractivity contribution in [2.24, 2.45) is 0 Å². The molecule has 1 amide bonds. The molecule has 0 aliphatic heterocycles. The van der Waals surface area contributed by atoms with Gasteiger partial charge in [0, 0.05) is 18.7 Å². The Bertz CT molecular complexity index is 1370. The number of rotatable bonds is 4. The molecule has 144 valence electrons. The molecule has 3 aromatic heterocycles. The van der Waals surface area contributed by atoms with E-state index in [0.29, 0.717) is 38.7 Å². The third-order valence-corrected chi connectivity index (χ3v) is 5.49. The standard InChI is InChI=1S/C21H13F2N3O2S/c22-13-3-1-2-12(8-13)11-26-16-6-7-28-18(16)10-17(26)20(27)25-21-24-15-5-4-14(23)9-19(15)29-21/h1-10H,11H2,(H,24,25,27). The first kappa shape index (κ1) is 17.6. The number of halogens is 2. The second-order valence-corrected chi connectivity index (χ2v) is 7.53. The van der Waals surface area contributed by atoms with Crippen molar-refractivity contribution < 1.29 is 18.0 Å². The smallest absolute Gasteiger partial charge is 0.274 e. The lowest BCUT2D eigenvalue weighted by molar-refractivity contribution is 0.101. The number of carbonyl (C=O) groups is 1. The van der Waals surface area contributed by atoms with Gasteiger partial charge in [0.15, 0.2) is 10.7 Å². The van der Waals surface area contributed by atoms with Gasteiger partial charge in [0.2, 0.25) is 0 Å². The molecule has 29 heavy (non-hydrogen) atoms. The predicted octanol–water partition coefficient (Wildman–Crippen LogP) is 5.42. The molecule has 8 heteroatoms. The van der Waals surface area contributed by atoms with E-state index >= 15 is 0 Å². The van der Waals surface area contributed by atoms with Gasteiger partial charge in [0.1, 0.15) is 17.3 Å². The van der Waals surface area contributed by atoms with Gasteiger partial charge in [-0.05, 0) is 35.9 Å². The number of carbonyl (C=O) groups excluding carboxylic acids is 1. The van der Waals surface area contributed by atoms with Crippen LogP contribution in [0.5, 0.6) is 0 Å². The van der Waals surface area contributed by atoms with Gasteiger partial charge >= 0.3 is 0 Å². The summed E-state index contributed by atoms with van der Waals surface area (Å²) < 4.78 is 34.8. The van der Waals surface area contributed by atoms with Gasteiger partial charge in [0.05, 0.1) is 22.0 Å². The summed E-state index contributed by atoms with van der Waals surface area (Å²) in [5.41, 5.74) is 2.96. The van der Waals surface area contributed by atoms with E-state index in [0.717, 1.165) is 5.52 Å². The van der Waals surface area contributed by atoms with Gasteiger partial charge in [-0.25, -0.2) is 13.8 Å². The zero-order valence-corrected chi connectivity index (χ0v) is 15.7. The molecule has 5 aromatic rings. The van der Waals surface area contributed by atoms with Crippen molar-refractivity contribution >= 4 is 43.7 Å². The van der Waals surface area contributed by atoms with Crippen LogP contribution in [-0.2, 0) is 6.54 Å². The maximum absolute atomic E-state index is 13.6. The Morgan fingerprint density at radius 1 is 1.10 bits per heavy atom. The van der Waals surface area contributed by atoms with Crippen molar-refractivity contribution in [3.63, 3.8) is 0 Å². The summed E-state index contributed by atoms with van der Waals surface area (Å²) >= 11 is 1.19. The number of nitrogens with zero attached hydrogens (tertiary/aromatic N) is 2. The minimum absolute atomic E-state index is 0.300. The fourth-order valence-electron chi connectivity index (χ4n) is 3.27. The van der Waals surface area contributed by atoms with Crippen LogP contribution in [-0.4, -0.2) is 15.5 Å². The molecule has 0 unspecified atom stereocenters. The Hall–Kier alpha value is -3.52. The number of hydrogen-bond acceptors (Lipinski definition) is 4. The Labute approximate surface area is 167 Å². The van der Waals surface area contributed by atoms with Crippen molar-refractivity contribution in [1.82, 2.24) is 9.55 Å². The normalized spacial score (nSPS) is 11.4. The zero-order chi connectivity index (χ0) is 20.0. The fraction of sp³-hybridized carbons (Fsp3) is 0.0476. The highest BCUT2D eigenvalue weighted by Gasteiger charge is 2.19. The SMILES string of the molecule is O=C(Nc1nc2ccc(F)cc2s1)c1cc2occc2n1Cc1cccc(F)c1. The van der Waals surface area contributed by atoms with E-state index in [9.17, 15) is 13.6 Å². The first-order valence-corrected chi connectivity index (χ1v) is 9.57. The Morgan fingerprint density at radius 3 is 2.83 bits per heavy atom. The molecule has 1 N–H and O–H groups in total. The Morgan fingerprint density at radius 2 is 1.97 bits per heavy atom. The number of anilines is 1. The molecule has 0 radical (unpaired) electrons. The summed E-state index contributed by atoms with van der Waals surface area (Å²) in [6.45, 7) is 0.300. The van der Waals surface area contributed by atoms with Crippen molar-refractivity contribution in [1.29, 1.82) is 0 Å². The van der Waals surface area contributed by atoms with Crippen LogP contribution in [0.25, 0.3) is 21.3 Å². The number of furan rings is 1. The summed E-state index contributed by atoms with van der Waals surface area (Å²) in [6.07, 6.45) is 1.54. The number of aromatic nitrogens is 2. The van der Waals surface area contributed by atoms with Gasteiger partial charge < -0.3 is 8.98 Å². The Balaban J connectivity index is 1.50. The maximum Gasteiger partial charge on any atom is 0.274 e.